The predicted octanol–water partition coefficient (Wildman–Crippen LogP) is 1.57. The summed E-state index contributed by atoms with van der Waals surface area (Å²) in [4.78, 5) is 36.1. The number of carbonyl (C=O) groups is 1. The van der Waals surface area contributed by atoms with Crippen LogP contribution in [-0.2, 0) is 22.7 Å². The molecule has 0 aliphatic heterocycles. The van der Waals surface area contributed by atoms with Gasteiger partial charge < -0.3 is 4.74 Å². The quantitative estimate of drug-likeness (QED) is 0.737. The molecule has 3 aromatic rings. The number of aromatic nitrogens is 2. The Morgan fingerprint density at radius 3 is 2.42 bits per heavy atom. The van der Waals surface area contributed by atoms with E-state index in [4.69, 9.17) is 4.74 Å². The topological polar surface area (TPSA) is 81.2 Å². The molecule has 24 heavy (non-hydrogen) atoms. The zero-order valence-corrected chi connectivity index (χ0v) is 12.5. The summed E-state index contributed by atoms with van der Waals surface area (Å²) in [6.45, 7) is -0.466. The lowest BCUT2D eigenvalue weighted by Crippen LogP contribution is -2.32. The molecule has 0 aliphatic carbocycles. The minimum atomic E-state index is -0.688. The van der Waals surface area contributed by atoms with E-state index in [1.165, 1.54) is 36.4 Å². The average molecular weight is 328 g/mol. The number of esters is 1. The Balaban J connectivity index is 1.76. The summed E-state index contributed by atoms with van der Waals surface area (Å²) in [7, 11) is 0. The number of nitrogens with zero attached hydrogens (tertiary/aromatic N) is 1. The van der Waals surface area contributed by atoms with Crippen LogP contribution in [0.2, 0.25) is 0 Å². The number of nitrogens with one attached hydrogen (secondary N) is 1. The standard InChI is InChI=1S/C17H13FN2O4/c18-12-7-5-11(6-8-12)10-24-15(21)9-20-17(23)14-4-2-1-3-13(14)16(22)19-20/h1-8H,9-10H2,(H,19,22). The largest absolute Gasteiger partial charge is 0.459 e. The molecule has 0 atom stereocenters. The third-order valence-corrected chi connectivity index (χ3v) is 3.48. The van der Waals surface area contributed by atoms with E-state index in [9.17, 15) is 18.8 Å². The van der Waals surface area contributed by atoms with Crippen LogP contribution in [0, 0.1) is 5.82 Å². The fourth-order valence-electron chi connectivity index (χ4n) is 2.28. The first-order chi connectivity index (χ1) is 11.5. The lowest BCUT2D eigenvalue weighted by atomic mass is 10.2. The van der Waals surface area contributed by atoms with Crippen LogP contribution in [0.4, 0.5) is 4.39 Å². The summed E-state index contributed by atoms with van der Waals surface area (Å²) in [5.74, 6) is -1.07. The minimum absolute atomic E-state index is 0.0499. The summed E-state index contributed by atoms with van der Waals surface area (Å²) in [6.07, 6.45) is 0. The third kappa shape index (κ3) is 3.24. The Kier molecular flexibility index (Phi) is 4.24. The number of benzene rings is 2. The first kappa shape index (κ1) is 15.7. The molecule has 3 rings (SSSR count). The first-order valence-corrected chi connectivity index (χ1v) is 7.16. The van der Waals surface area contributed by atoms with Crippen LogP contribution in [0.25, 0.3) is 10.8 Å². The normalized spacial score (nSPS) is 10.7. The van der Waals surface area contributed by atoms with Gasteiger partial charge in [0, 0.05) is 0 Å². The van der Waals surface area contributed by atoms with Crippen molar-refractivity contribution in [2.45, 2.75) is 13.2 Å². The first-order valence-electron chi connectivity index (χ1n) is 7.16. The summed E-state index contributed by atoms with van der Waals surface area (Å²) < 4.78 is 18.8. The van der Waals surface area contributed by atoms with Gasteiger partial charge in [0.15, 0.2) is 0 Å². The van der Waals surface area contributed by atoms with Crippen LogP contribution in [0.3, 0.4) is 0 Å². The molecule has 7 heteroatoms. The zero-order chi connectivity index (χ0) is 17.1. The Bertz CT molecular complexity index is 1010. The van der Waals surface area contributed by atoms with Crippen LogP contribution in [-0.4, -0.2) is 15.7 Å². The van der Waals surface area contributed by atoms with Crippen LogP contribution in [0.15, 0.2) is 58.1 Å². The molecule has 0 aliphatic rings. The van der Waals surface area contributed by atoms with Gasteiger partial charge in [0.2, 0.25) is 0 Å². The number of halogens is 1. The van der Waals surface area contributed by atoms with Gasteiger partial charge in [0.05, 0.1) is 10.8 Å². The number of hydrogen-bond donors (Lipinski definition) is 1. The number of rotatable bonds is 4. The van der Waals surface area contributed by atoms with Crippen molar-refractivity contribution in [3.05, 3.63) is 80.6 Å². The van der Waals surface area contributed by atoms with Crippen LogP contribution in [0.1, 0.15) is 5.56 Å². The maximum atomic E-state index is 12.8. The smallest absolute Gasteiger partial charge is 0.328 e. The maximum absolute atomic E-state index is 12.8. The number of fused-ring (bicyclic) bond motifs is 1. The highest BCUT2D eigenvalue weighted by atomic mass is 19.1. The van der Waals surface area contributed by atoms with Gasteiger partial charge in [-0.05, 0) is 29.8 Å². The fraction of sp³-hybridized carbons (Fsp3) is 0.118. The molecule has 0 radical (unpaired) electrons. The van der Waals surface area contributed by atoms with Gasteiger partial charge in [-0.2, -0.15) is 0 Å². The molecule has 0 amide bonds. The fourth-order valence-corrected chi connectivity index (χ4v) is 2.28. The van der Waals surface area contributed by atoms with Gasteiger partial charge in [-0.3, -0.25) is 19.5 Å². The van der Waals surface area contributed by atoms with Gasteiger partial charge in [-0.25, -0.2) is 9.07 Å². The second-order valence-electron chi connectivity index (χ2n) is 5.16. The van der Waals surface area contributed by atoms with Crippen molar-refractivity contribution in [3.63, 3.8) is 0 Å². The highest BCUT2D eigenvalue weighted by Gasteiger charge is 2.11. The highest BCUT2D eigenvalue weighted by molar-refractivity contribution is 5.80. The lowest BCUT2D eigenvalue weighted by molar-refractivity contribution is -0.146. The number of hydrogen-bond acceptors (Lipinski definition) is 4. The molecule has 0 spiro atoms. The molecular formula is C17H13FN2O4. The lowest BCUT2D eigenvalue weighted by Gasteiger charge is -2.08. The van der Waals surface area contributed by atoms with Crippen molar-refractivity contribution in [1.29, 1.82) is 0 Å². The van der Waals surface area contributed by atoms with E-state index in [0.717, 1.165) is 4.68 Å². The van der Waals surface area contributed by atoms with Crippen molar-refractivity contribution >= 4 is 16.7 Å². The van der Waals surface area contributed by atoms with E-state index in [1.807, 2.05) is 0 Å². The molecule has 6 nitrogen and oxygen atoms in total. The van der Waals surface area contributed by atoms with E-state index in [0.29, 0.717) is 5.56 Å². The van der Waals surface area contributed by atoms with E-state index in [2.05, 4.69) is 5.10 Å². The third-order valence-electron chi connectivity index (χ3n) is 3.48. The summed E-state index contributed by atoms with van der Waals surface area (Å²) in [5.41, 5.74) is -0.329. The van der Waals surface area contributed by atoms with E-state index in [1.54, 1.807) is 12.1 Å². The molecule has 0 saturated carbocycles. The SMILES string of the molecule is O=C(Cn1[nH]c(=O)c2ccccc2c1=O)OCc1ccc(F)cc1. The predicted molar refractivity (Wildman–Crippen MR) is 85.0 cm³/mol. The van der Waals surface area contributed by atoms with Gasteiger partial charge >= 0.3 is 5.97 Å². The van der Waals surface area contributed by atoms with E-state index in [-0.39, 0.29) is 23.2 Å². The summed E-state index contributed by atoms with van der Waals surface area (Å²) >= 11 is 0. The van der Waals surface area contributed by atoms with E-state index < -0.39 is 23.6 Å². The molecule has 1 heterocycles. The Hall–Kier alpha value is -3.22. The molecule has 0 saturated heterocycles. The number of carbonyl (C=O) groups excluding carboxylic acids is 1. The number of ether oxygens (including phenoxy) is 1. The summed E-state index contributed by atoms with van der Waals surface area (Å²) in [6, 6.07) is 11.8. The van der Waals surface area contributed by atoms with Gasteiger partial charge in [-0.15, -0.1) is 0 Å². The maximum Gasteiger partial charge on any atom is 0.328 e. The number of H-pyrrole nitrogens is 1. The molecule has 0 bridgehead atoms. The Labute approximate surface area is 135 Å². The second-order valence-corrected chi connectivity index (χ2v) is 5.16. The molecule has 1 N–H and O–H groups in total. The van der Waals surface area contributed by atoms with Gasteiger partial charge in [-0.1, -0.05) is 24.3 Å². The Morgan fingerprint density at radius 2 is 1.71 bits per heavy atom. The van der Waals surface area contributed by atoms with Crippen LogP contribution in [0.5, 0.6) is 0 Å². The van der Waals surface area contributed by atoms with Gasteiger partial charge in [0.25, 0.3) is 11.1 Å². The number of aromatic amines is 1. The zero-order valence-electron chi connectivity index (χ0n) is 12.5. The van der Waals surface area contributed by atoms with Gasteiger partial charge in [0.1, 0.15) is 19.0 Å². The van der Waals surface area contributed by atoms with Crippen molar-refractivity contribution in [2.75, 3.05) is 0 Å². The van der Waals surface area contributed by atoms with Crippen LogP contribution >= 0.6 is 0 Å². The minimum Gasteiger partial charge on any atom is -0.459 e. The molecule has 2 aromatic carbocycles. The summed E-state index contributed by atoms with van der Waals surface area (Å²) in [5, 5.41) is 2.84. The van der Waals surface area contributed by atoms with Crippen molar-refractivity contribution < 1.29 is 13.9 Å². The highest BCUT2D eigenvalue weighted by Crippen LogP contribution is 2.05. The van der Waals surface area contributed by atoms with Crippen molar-refractivity contribution in [3.8, 4) is 0 Å². The monoisotopic (exact) mass is 328 g/mol. The van der Waals surface area contributed by atoms with E-state index >= 15 is 0 Å². The molecule has 0 unspecified atom stereocenters. The second kappa shape index (κ2) is 6.49. The van der Waals surface area contributed by atoms with Crippen molar-refractivity contribution in [2.24, 2.45) is 0 Å². The Morgan fingerprint density at radius 1 is 1.04 bits per heavy atom. The molecule has 1 aromatic heterocycles. The molecule has 122 valence electrons. The van der Waals surface area contributed by atoms with Crippen molar-refractivity contribution in [1.82, 2.24) is 9.78 Å². The molecule has 0 fully saturated rings. The van der Waals surface area contributed by atoms with Crippen LogP contribution < -0.4 is 11.1 Å². The average Bonchev–Trinajstić information content (AvgIpc) is 2.59. The molecular weight excluding hydrogens is 315 g/mol.